The Balaban J connectivity index is 1.97. The maximum absolute atomic E-state index is 5.43. The minimum Gasteiger partial charge on any atom is -0.497 e. The van der Waals surface area contributed by atoms with Gasteiger partial charge in [0.05, 0.1) is 18.5 Å². The number of aryl methyl sites for hydroxylation is 2. The first-order chi connectivity index (χ1) is 11.7. The summed E-state index contributed by atoms with van der Waals surface area (Å²) in [6.07, 6.45) is 0. The van der Waals surface area contributed by atoms with E-state index in [4.69, 9.17) is 9.73 Å². The van der Waals surface area contributed by atoms with E-state index in [1.807, 2.05) is 25.1 Å². The number of aromatic nitrogens is 3. The van der Waals surface area contributed by atoms with Gasteiger partial charge in [-0.25, -0.2) is 0 Å². The summed E-state index contributed by atoms with van der Waals surface area (Å²) in [4.78, 5) is 4.83. The van der Waals surface area contributed by atoms with Crippen molar-refractivity contribution in [1.82, 2.24) is 14.8 Å². The number of ether oxygens (including phenoxy) is 1. The number of aliphatic imine (C=N–C) groups is 1. The smallest absolute Gasteiger partial charge is 0.159 e. The van der Waals surface area contributed by atoms with Crippen molar-refractivity contribution in [2.75, 3.05) is 7.11 Å². The molecule has 0 atom stereocenters. The molecule has 0 saturated heterocycles. The molecule has 0 N–H and O–H groups in total. The Morgan fingerprint density at radius 3 is 2.54 bits per heavy atom. The van der Waals surface area contributed by atoms with Crippen LogP contribution in [0.5, 0.6) is 5.75 Å². The predicted octanol–water partition coefficient (Wildman–Crippen LogP) is 3.24. The SMILES string of the molecule is COc1ccc2c(c1)C(c1ccc(C)cc1)=NCc1nnc(C)n1-2. The molecule has 0 radical (unpaired) electrons. The van der Waals surface area contributed by atoms with Crippen molar-refractivity contribution in [3.05, 3.63) is 70.8 Å². The van der Waals surface area contributed by atoms with Gasteiger partial charge >= 0.3 is 0 Å². The molecule has 0 fully saturated rings. The van der Waals surface area contributed by atoms with E-state index in [1.165, 1.54) is 5.56 Å². The standard InChI is InChI=1S/C19H18N4O/c1-12-4-6-14(7-5-12)19-16-10-15(24-3)8-9-17(16)23-13(2)21-22-18(23)11-20-19/h4-10H,11H2,1-3H3. The number of hydrogen-bond acceptors (Lipinski definition) is 4. The summed E-state index contributed by atoms with van der Waals surface area (Å²) in [5, 5.41) is 8.48. The van der Waals surface area contributed by atoms with E-state index < -0.39 is 0 Å². The zero-order valence-corrected chi connectivity index (χ0v) is 13.9. The number of hydrogen-bond donors (Lipinski definition) is 0. The highest BCUT2D eigenvalue weighted by Gasteiger charge is 2.22. The van der Waals surface area contributed by atoms with Crippen LogP contribution in [0, 0.1) is 13.8 Å². The van der Waals surface area contributed by atoms with E-state index in [0.29, 0.717) is 6.54 Å². The van der Waals surface area contributed by atoms with Gasteiger partial charge in [0.2, 0.25) is 0 Å². The zero-order chi connectivity index (χ0) is 16.7. The largest absolute Gasteiger partial charge is 0.497 e. The summed E-state index contributed by atoms with van der Waals surface area (Å²) in [6.45, 7) is 4.54. The predicted molar refractivity (Wildman–Crippen MR) is 93.2 cm³/mol. The van der Waals surface area contributed by atoms with Gasteiger partial charge in [-0.1, -0.05) is 29.8 Å². The van der Waals surface area contributed by atoms with E-state index in [-0.39, 0.29) is 0 Å². The van der Waals surface area contributed by atoms with Gasteiger partial charge in [0.15, 0.2) is 5.82 Å². The van der Waals surface area contributed by atoms with E-state index >= 15 is 0 Å². The quantitative estimate of drug-likeness (QED) is 0.729. The second-order valence-electron chi connectivity index (χ2n) is 5.91. The summed E-state index contributed by atoms with van der Waals surface area (Å²) in [6, 6.07) is 14.5. The Kier molecular flexibility index (Phi) is 3.41. The van der Waals surface area contributed by atoms with Gasteiger partial charge in [0.1, 0.15) is 18.1 Å². The zero-order valence-electron chi connectivity index (χ0n) is 13.9. The molecule has 0 amide bonds. The molecule has 4 rings (SSSR count). The van der Waals surface area contributed by atoms with Crippen LogP contribution in [0.1, 0.15) is 28.3 Å². The van der Waals surface area contributed by atoms with Crippen molar-refractivity contribution < 1.29 is 4.74 Å². The molecule has 0 unspecified atom stereocenters. The molecule has 2 aromatic carbocycles. The fourth-order valence-corrected chi connectivity index (χ4v) is 3.04. The highest BCUT2D eigenvalue weighted by molar-refractivity contribution is 6.15. The van der Waals surface area contributed by atoms with Crippen LogP contribution in [0.25, 0.3) is 5.69 Å². The summed E-state index contributed by atoms with van der Waals surface area (Å²) >= 11 is 0. The van der Waals surface area contributed by atoms with Gasteiger partial charge in [-0.3, -0.25) is 9.56 Å². The van der Waals surface area contributed by atoms with Crippen LogP contribution in [0.2, 0.25) is 0 Å². The first kappa shape index (κ1) is 14.6. The van der Waals surface area contributed by atoms with Crippen LogP contribution in [-0.2, 0) is 6.54 Å². The Labute approximate surface area is 140 Å². The highest BCUT2D eigenvalue weighted by Crippen LogP contribution is 2.28. The highest BCUT2D eigenvalue weighted by atomic mass is 16.5. The van der Waals surface area contributed by atoms with Gasteiger partial charge in [0, 0.05) is 11.1 Å². The Hall–Kier alpha value is -2.95. The average molecular weight is 318 g/mol. The van der Waals surface area contributed by atoms with E-state index in [0.717, 1.165) is 39.9 Å². The minimum absolute atomic E-state index is 0.501. The summed E-state index contributed by atoms with van der Waals surface area (Å²) in [5.74, 6) is 2.51. The summed E-state index contributed by atoms with van der Waals surface area (Å²) in [7, 11) is 1.68. The third-order valence-electron chi connectivity index (χ3n) is 4.30. The number of benzene rings is 2. The average Bonchev–Trinajstić information content (AvgIpc) is 2.88. The Morgan fingerprint density at radius 1 is 1.00 bits per heavy atom. The Morgan fingerprint density at radius 2 is 1.79 bits per heavy atom. The molecular formula is C19H18N4O. The molecule has 5 nitrogen and oxygen atoms in total. The molecule has 0 saturated carbocycles. The number of nitrogens with zero attached hydrogens (tertiary/aromatic N) is 4. The first-order valence-electron chi connectivity index (χ1n) is 7.88. The lowest BCUT2D eigenvalue weighted by Gasteiger charge is -2.14. The van der Waals surface area contributed by atoms with Crippen LogP contribution in [0.15, 0.2) is 47.5 Å². The molecule has 0 spiro atoms. The van der Waals surface area contributed by atoms with Crippen LogP contribution >= 0.6 is 0 Å². The van der Waals surface area contributed by atoms with Gasteiger partial charge in [-0.05, 0) is 32.0 Å². The lowest BCUT2D eigenvalue weighted by molar-refractivity contribution is 0.414. The van der Waals surface area contributed by atoms with Gasteiger partial charge in [-0.2, -0.15) is 0 Å². The summed E-state index contributed by atoms with van der Waals surface area (Å²) in [5.41, 5.74) is 5.33. The van der Waals surface area contributed by atoms with Crippen molar-refractivity contribution in [1.29, 1.82) is 0 Å². The van der Waals surface area contributed by atoms with Gasteiger partial charge in [-0.15, -0.1) is 10.2 Å². The molecule has 24 heavy (non-hydrogen) atoms. The van der Waals surface area contributed by atoms with E-state index in [1.54, 1.807) is 7.11 Å². The van der Waals surface area contributed by atoms with Gasteiger partial charge in [0.25, 0.3) is 0 Å². The monoisotopic (exact) mass is 318 g/mol. The molecule has 1 aliphatic rings. The molecule has 120 valence electrons. The number of methoxy groups -OCH3 is 1. The Bertz CT molecular complexity index is 939. The second kappa shape index (κ2) is 5.60. The minimum atomic E-state index is 0.501. The molecule has 2 heterocycles. The summed E-state index contributed by atoms with van der Waals surface area (Å²) < 4.78 is 7.50. The van der Waals surface area contributed by atoms with Crippen LogP contribution in [0.4, 0.5) is 0 Å². The fourth-order valence-electron chi connectivity index (χ4n) is 3.04. The molecule has 1 aliphatic heterocycles. The molecular weight excluding hydrogens is 300 g/mol. The normalized spacial score (nSPS) is 12.9. The maximum atomic E-state index is 5.43. The first-order valence-corrected chi connectivity index (χ1v) is 7.88. The number of rotatable bonds is 2. The van der Waals surface area contributed by atoms with Crippen molar-refractivity contribution in [2.24, 2.45) is 4.99 Å². The maximum Gasteiger partial charge on any atom is 0.159 e. The van der Waals surface area contributed by atoms with E-state index in [2.05, 4.69) is 46.0 Å². The lowest BCUT2D eigenvalue weighted by Crippen LogP contribution is -2.08. The van der Waals surface area contributed by atoms with Crippen LogP contribution in [-0.4, -0.2) is 27.6 Å². The van der Waals surface area contributed by atoms with Crippen molar-refractivity contribution >= 4 is 5.71 Å². The molecule has 0 aliphatic carbocycles. The molecule has 3 aromatic rings. The van der Waals surface area contributed by atoms with Gasteiger partial charge < -0.3 is 4.74 Å². The van der Waals surface area contributed by atoms with Crippen molar-refractivity contribution in [3.8, 4) is 11.4 Å². The van der Waals surface area contributed by atoms with Crippen LogP contribution in [0.3, 0.4) is 0 Å². The third kappa shape index (κ3) is 2.29. The third-order valence-corrected chi connectivity index (χ3v) is 4.30. The second-order valence-corrected chi connectivity index (χ2v) is 5.91. The topological polar surface area (TPSA) is 52.3 Å². The molecule has 0 bridgehead atoms. The fraction of sp³-hybridized carbons (Fsp3) is 0.211. The van der Waals surface area contributed by atoms with E-state index in [9.17, 15) is 0 Å². The number of fused-ring (bicyclic) bond motifs is 3. The van der Waals surface area contributed by atoms with Crippen LogP contribution < -0.4 is 4.74 Å². The molecule has 5 heteroatoms. The van der Waals surface area contributed by atoms with Crippen molar-refractivity contribution in [2.45, 2.75) is 20.4 Å². The lowest BCUT2D eigenvalue weighted by atomic mass is 9.99. The molecule has 1 aromatic heterocycles. The van der Waals surface area contributed by atoms with Crippen molar-refractivity contribution in [3.63, 3.8) is 0 Å².